The van der Waals surface area contributed by atoms with Crippen LogP contribution in [0.1, 0.15) is 11.4 Å². The molecule has 0 aliphatic heterocycles. The van der Waals surface area contributed by atoms with E-state index in [1.807, 2.05) is 60.0 Å². The van der Waals surface area contributed by atoms with Crippen molar-refractivity contribution in [2.24, 2.45) is 0 Å². The predicted molar refractivity (Wildman–Crippen MR) is 110 cm³/mol. The van der Waals surface area contributed by atoms with E-state index in [9.17, 15) is 9.18 Å². The Morgan fingerprint density at radius 3 is 2.52 bits per heavy atom. The minimum absolute atomic E-state index is 0.0739. The average molecular weight is 389 g/mol. The van der Waals surface area contributed by atoms with Gasteiger partial charge in [-0.1, -0.05) is 29.8 Å². The quantitative estimate of drug-likeness (QED) is 0.520. The maximum atomic E-state index is 13.1. The van der Waals surface area contributed by atoms with Crippen LogP contribution in [0.5, 0.6) is 5.75 Å². The molecule has 0 saturated carbocycles. The summed E-state index contributed by atoms with van der Waals surface area (Å²) in [5.41, 5.74) is 3.34. The molecule has 0 bridgehead atoms. The monoisotopic (exact) mass is 389 g/mol. The number of fused-ring (bicyclic) bond motifs is 1. The second-order valence-electron chi connectivity index (χ2n) is 6.76. The first-order valence-corrected chi connectivity index (χ1v) is 9.27. The van der Waals surface area contributed by atoms with Gasteiger partial charge in [-0.2, -0.15) is 0 Å². The second kappa shape index (κ2) is 8.14. The van der Waals surface area contributed by atoms with E-state index in [1.165, 1.54) is 24.3 Å². The van der Waals surface area contributed by atoms with Crippen molar-refractivity contribution in [3.8, 4) is 5.75 Å². The number of carbonyl (C=O) groups excluding carboxylic acids is 1. The van der Waals surface area contributed by atoms with Crippen molar-refractivity contribution in [1.29, 1.82) is 0 Å². The average Bonchev–Trinajstić information content (AvgIpc) is 3.07. The van der Waals surface area contributed by atoms with Crippen molar-refractivity contribution < 1.29 is 13.9 Å². The summed E-state index contributed by atoms with van der Waals surface area (Å²) < 4.78 is 20.8. The first kappa shape index (κ1) is 18.7. The van der Waals surface area contributed by atoms with Crippen molar-refractivity contribution in [3.05, 3.63) is 90.0 Å². The van der Waals surface area contributed by atoms with Gasteiger partial charge in [0.15, 0.2) is 0 Å². The van der Waals surface area contributed by atoms with Gasteiger partial charge in [0, 0.05) is 5.69 Å². The highest BCUT2D eigenvalue weighted by Gasteiger charge is 2.14. The van der Waals surface area contributed by atoms with Crippen LogP contribution in [0.4, 0.5) is 10.1 Å². The van der Waals surface area contributed by atoms with E-state index in [-0.39, 0.29) is 24.9 Å². The van der Waals surface area contributed by atoms with Gasteiger partial charge >= 0.3 is 0 Å². The summed E-state index contributed by atoms with van der Waals surface area (Å²) in [6, 6.07) is 21.1. The Hall–Kier alpha value is -3.67. The van der Waals surface area contributed by atoms with Crippen LogP contribution in [0.15, 0.2) is 72.8 Å². The Morgan fingerprint density at radius 1 is 1.03 bits per heavy atom. The zero-order chi connectivity index (χ0) is 20.2. The Labute approximate surface area is 167 Å². The van der Waals surface area contributed by atoms with E-state index in [0.717, 1.165) is 22.3 Å². The summed E-state index contributed by atoms with van der Waals surface area (Å²) >= 11 is 0. The van der Waals surface area contributed by atoms with Crippen molar-refractivity contribution in [2.75, 3.05) is 5.32 Å². The van der Waals surface area contributed by atoms with Crippen LogP contribution < -0.4 is 10.1 Å². The lowest BCUT2D eigenvalue weighted by atomic mass is 10.2. The standard InChI is InChI=1S/C23H20FN3O2/c1-16-6-12-19(13-7-16)29-15-22-26-20-4-2-3-5-21(20)27(22)14-23(28)25-18-10-8-17(24)9-11-18/h2-13H,14-15H2,1H3,(H,25,28). The molecule has 5 nitrogen and oxygen atoms in total. The molecule has 29 heavy (non-hydrogen) atoms. The molecule has 0 saturated heterocycles. The number of hydrogen-bond donors (Lipinski definition) is 1. The van der Waals surface area contributed by atoms with Crippen LogP contribution in [0, 0.1) is 12.7 Å². The molecule has 4 rings (SSSR count). The Kier molecular flexibility index (Phi) is 5.24. The van der Waals surface area contributed by atoms with Crippen LogP contribution in [0.2, 0.25) is 0 Å². The van der Waals surface area contributed by atoms with Crippen LogP contribution >= 0.6 is 0 Å². The van der Waals surface area contributed by atoms with Crippen molar-refractivity contribution in [1.82, 2.24) is 9.55 Å². The minimum atomic E-state index is -0.348. The van der Waals surface area contributed by atoms with Crippen molar-refractivity contribution >= 4 is 22.6 Å². The number of imidazole rings is 1. The number of amides is 1. The number of carbonyl (C=O) groups is 1. The number of rotatable bonds is 6. The van der Waals surface area contributed by atoms with Gasteiger partial charge in [0.25, 0.3) is 0 Å². The molecule has 4 aromatic rings. The van der Waals surface area contributed by atoms with E-state index < -0.39 is 0 Å². The van der Waals surface area contributed by atoms with E-state index >= 15 is 0 Å². The van der Waals surface area contributed by atoms with Gasteiger partial charge in [-0.15, -0.1) is 0 Å². The molecule has 0 spiro atoms. The highest BCUT2D eigenvalue weighted by molar-refractivity contribution is 5.91. The number of hydrogen-bond acceptors (Lipinski definition) is 3. The fourth-order valence-corrected chi connectivity index (χ4v) is 3.07. The Bertz CT molecular complexity index is 1140. The number of ether oxygens (including phenoxy) is 1. The molecule has 3 aromatic carbocycles. The molecule has 146 valence electrons. The molecular formula is C23H20FN3O2. The first-order valence-electron chi connectivity index (χ1n) is 9.27. The summed E-state index contributed by atoms with van der Waals surface area (Å²) in [7, 11) is 0. The lowest BCUT2D eigenvalue weighted by Crippen LogP contribution is -2.20. The molecule has 0 fully saturated rings. The highest BCUT2D eigenvalue weighted by Crippen LogP contribution is 2.19. The molecule has 0 radical (unpaired) electrons. The van der Waals surface area contributed by atoms with Crippen LogP contribution in [-0.4, -0.2) is 15.5 Å². The zero-order valence-corrected chi connectivity index (χ0v) is 15.9. The van der Waals surface area contributed by atoms with Gasteiger partial charge in [0.2, 0.25) is 5.91 Å². The number of benzene rings is 3. The van der Waals surface area contributed by atoms with Crippen molar-refractivity contribution in [3.63, 3.8) is 0 Å². The predicted octanol–water partition coefficient (Wildman–Crippen LogP) is 4.70. The lowest BCUT2D eigenvalue weighted by molar-refractivity contribution is -0.116. The molecule has 0 atom stereocenters. The number of halogens is 1. The fraction of sp³-hybridized carbons (Fsp3) is 0.130. The molecule has 1 N–H and O–H groups in total. The molecule has 0 unspecified atom stereocenters. The van der Waals surface area contributed by atoms with Gasteiger partial charge in [0.1, 0.15) is 30.5 Å². The molecule has 1 amide bonds. The maximum absolute atomic E-state index is 13.1. The van der Waals surface area contributed by atoms with Gasteiger partial charge in [-0.3, -0.25) is 4.79 Å². The van der Waals surface area contributed by atoms with Gasteiger partial charge < -0.3 is 14.6 Å². The number of aryl methyl sites for hydroxylation is 1. The van der Waals surface area contributed by atoms with E-state index in [2.05, 4.69) is 10.3 Å². The highest BCUT2D eigenvalue weighted by atomic mass is 19.1. The van der Waals surface area contributed by atoms with E-state index in [0.29, 0.717) is 11.5 Å². The molecule has 6 heteroatoms. The van der Waals surface area contributed by atoms with Crippen molar-refractivity contribution in [2.45, 2.75) is 20.1 Å². The molecule has 1 aromatic heterocycles. The Morgan fingerprint density at radius 2 is 1.76 bits per heavy atom. The Balaban J connectivity index is 1.55. The SMILES string of the molecule is Cc1ccc(OCc2nc3ccccc3n2CC(=O)Nc2ccc(F)cc2)cc1. The number of anilines is 1. The number of nitrogens with zero attached hydrogens (tertiary/aromatic N) is 2. The largest absolute Gasteiger partial charge is 0.486 e. The van der Waals surface area contributed by atoms with E-state index in [4.69, 9.17) is 4.74 Å². The molecule has 0 aliphatic rings. The first-order chi connectivity index (χ1) is 14.1. The third kappa shape index (κ3) is 4.43. The summed E-state index contributed by atoms with van der Waals surface area (Å²) in [6.45, 7) is 2.33. The fourth-order valence-electron chi connectivity index (χ4n) is 3.07. The topological polar surface area (TPSA) is 56.2 Å². The van der Waals surface area contributed by atoms with Crippen LogP contribution in [0.3, 0.4) is 0 Å². The third-order valence-electron chi connectivity index (χ3n) is 4.55. The second-order valence-corrected chi connectivity index (χ2v) is 6.76. The summed E-state index contributed by atoms with van der Waals surface area (Å²) in [4.78, 5) is 17.2. The maximum Gasteiger partial charge on any atom is 0.244 e. The molecule has 1 heterocycles. The van der Waals surface area contributed by atoms with Gasteiger partial charge in [-0.25, -0.2) is 9.37 Å². The van der Waals surface area contributed by atoms with Crippen LogP contribution in [0.25, 0.3) is 11.0 Å². The van der Waals surface area contributed by atoms with Gasteiger partial charge in [0.05, 0.1) is 11.0 Å². The van der Waals surface area contributed by atoms with E-state index in [1.54, 1.807) is 0 Å². The molecule has 0 aliphatic carbocycles. The molecular weight excluding hydrogens is 369 g/mol. The van der Waals surface area contributed by atoms with Crippen LogP contribution in [-0.2, 0) is 17.9 Å². The minimum Gasteiger partial charge on any atom is -0.486 e. The normalized spacial score (nSPS) is 10.8. The smallest absolute Gasteiger partial charge is 0.244 e. The summed E-state index contributed by atoms with van der Waals surface area (Å²) in [6.07, 6.45) is 0. The van der Waals surface area contributed by atoms with Gasteiger partial charge in [-0.05, 0) is 55.5 Å². The number of para-hydroxylation sites is 2. The number of nitrogens with one attached hydrogen (secondary N) is 1. The third-order valence-corrected chi connectivity index (χ3v) is 4.55. The summed E-state index contributed by atoms with van der Waals surface area (Å²) in [5, 5.41) is 2.78. The number of aromatic nitrogens is 2. The summed E-state index contributed by atoms with van der Waals surface area (Å²) in [5.74, 6) is 0.821. The lowest BCUT2D eigenvalue weighted by Gasteiger charge is -2.11. The zero-order valence-electron chi connectivity index (χ0n) is 15.9.